The molecule has 7 heteroatoms. The monoisotopic (exact) mass is 266 g/mol. The van der Waals surface area contributed by atoms with E-state index in [1.807, 2.05) is 6.07 Å². The van der Waals surface area contributed by atoms with Crippen LogP contribution in [0.3, 0.4) is 0 Å². The minimum Gasteiger partial charge on any atom is -0.481 e. The Kier molecular flexibility index (Phi) is 3.73. The average Bonchev–Trinajstić information content (AvgIpc) is 2.70. The Balaban J connectivity index is 1.76. The van der Waals surface area contributed by atoms with Gasteiger partial charge in [0.25, 0.3) is 0 Å². The van der Waals surface area contributed by atoms with Gasteiger partial charge in [-0.3, -0.25) is 9.48 Å². The lowest BCUT2D eigenvalue weighted by atomic mass is 9.69. The first-order chi connectivity index (χ1) is 9.03. The first-order valence-corrected chi connectivity index (χ1v) is 6.25. The van der Waals surface area contributed by atoms with Crippen molar-refractivity contribution >= 4 is 12.0 Å². The van der Waals surface area contributed by atoms with Gasteiger partial charge in [0, 0.05) is 19.8 Å². The highest BCUT2D eigenvalue weighted by molar-refractivity contribution is 5.78. The van der Waals surface area contributed by atoms with E-state index in [0.29, 0.717) is 19.4 Å². The van der Waals surface area contributed by atoms with Crippen LogP contribution in [0.2, 0.25) is 0 Å². The van der Waals surface area contributed by atoms with Crippen molar-refractivity contribution in [1.29, 1.82) is 0 Å². The summed E-state index contributed by atoms with van der Waals surface area (Å²) in [4.78, 5) is 22.7. The predicted octanol–water partition coefficient (Wildman–Crippen LogP) is 0.474. The molecule has 1 aliphatic rings. The number of carboxylic acid groups (broad SMARTS) is 1. The van der Waals surface area contributed by atoms with Gasteiger partial charge in [-0.05, 0) is 18.9 Å². The van der Waals surface area contributed by atoms with E-state index in [-0.39, 0.29) is 12.6 Å². The van der Waals surface area contributed by atoms with Crippen LogP contribution in [-0.4, -0.2) is 33.4 Å². The molecule has 7 nitrogen and oxygen atoms in total. The van der Waals surface area contributed by atoms with Crippen LogP contribution in [0.5, 0.6) is 0 Å². The molecule has 0 saturated heterocycles. The molecule has 2 rings (SSSR count). The topological polar surface area (TPSA) is 96.3 Å². The van der Waals surface area contributed by atoms with Crippen molar-refractivity contribution in [2.24, 2.45) is 12.5 Å². The molecule has 1 heterocycles. The second-order valence-corrected chi connectivity index (χ2v) is 4.92. The standard InChI is InChI=1S/C12H18N4O3/c1-16-9(3-6-15-16)7-13-11(19)14-8-12(10(17)18)4-2-5-12/h3,6H,2,4-5,7-8H2,1H3,(H,17,18)(H2,13,14,19). The van der Waals surface area contributed by atoms with E-state index >= 15 is 0 Å². The minimum absolute atomic E-state index is 0.180. The van der Waals surface area contributed by atoms with E-state index in [2.05, 4.69) is 15.7 Å². The number of carboxylic acids is 1. The molecule has 3 N–H and O–H groups in total. The third kappa shape index (κ3) is 2.86. The zero-order chi connectivity index (χ0) is 13.9. The van der Waals surface area contributed by atoms with Gasteiger partial charge in [-0.1, -0.05) is 6.42 Å². The smallest absolute Gasteiger partial charge is 0.315 e. The number of carbonyl (C=O) groups is 2. The van der Waals surface area contributed by atoms with Gasteiger partial charge >= 0.3 is 12.0 Å². The van der Waals surface area contributed by atoms with E-state index in [1.165, 1.54) is 0 Å². The molecule has 0 atom stereocenters. The lowest BCUT2D eigenvalue weighted by Gasteiger charge is -2.37. The first-order valence-electron chi connectivity index (χ1n) is 6.25. The molecule has 0 spiro atoms. The summed E-state index contributed by atoms with van der Waals surface area (Å²) in [7, 11) is 1.79. The highest BCUT2D eigenvalue weighted by Crippen LogP contribution is 2.40. The third-order valence-electron chi connectivity index (χ3n) is 3.70. The fraction of sp³-hybridized carbons (Fsp3) is 0.583. The summed E-state index contributed by atoms with van der Waals surface area (Å²) in [5, 5.41) is 18.4. The maximum absolute atomic E-state index is 11.6. The quantitative estimate of drug-likeness (QED) is 0.722. The Labute approximate surface area is 111 Å². The Morgan fingerprint density at radius 2 is 2.21 bits per heavy atom. The van der Waals surface area contributed by atoms with Gasteiger partial charge in [-0.15, -0.1) is 0 Å². The van der Waals surface area contributed by atoms with Crippen molar-refractivity contribution in [2.45, 2.75) is 25.8 Å². The fourth-order valence-electron chi connectivity index (χ4n) is 2.13. The maximum atomic E-state index is 11.6. The third-order valence-corrected chi connectivity index (χ3v) is 3.70. The second-order valence-electron chi connectivity index (χ2n) is 4.92. The zero-order valence-corrected chi connectivity index (χ0v) is 10.8. The van der Waals surface area contributed by atoms with Crippen LogP contribution in [0.25, 0.3) is 0 Å². The van der Waals surface area contributed by atoms with Crippen molar-refractivity contribution in [1.82, 2.24) is 20.4 Å². The van der Waals surface area contributed by atoms with Crippen LogP contribution in [0.4, 0.5) is 4.79 Å². The number of urea groups is 1. The molecule has 104 valence electrons. The van der Waals surface area contributed by atoms with Crippen LogP contribution >= 0.6 is 0 Å². The molecule has 1 aliphatic carbocycles. The van der Waals surface area contributed by atoms with E-state index in [4.69, 9.17) is 5.11 Å². The number of hydrogen-bond acceptors (Lipinski definition) is 3. The minimum atomic E-state index is -0.828. The molecule has 19 heavy (non-hydrogen) atoms. The zero-order valence-electron chi connectivity index (χ0n) is 10.8. The number of hydrogen-bond donors (Lipinski definition) is 3. The van der Waals surface area contributed by atoms with Crippen molar-refractivity contribution in [3.8, 4) is 0 Å². The second kappa shape index (κ2) is 5.29. The van der Waals surface area contributed by atoms with Crippen LogP contribution in [0.1, 0.15) is 25.0 Å². The van der Waals surface area contributed by atoms with Gasteiger partial charge in [0.2, 0.25) is 0 Å². The molecule has 1 saturated carbocycles. The van der Waals surface area contributed by atoms with Gasteiger partial charge in [0.05, 0.1) is 17.7 Å². The molecule has 0 unspecified atom stereocenters. The molecule has 1 aromatic rings. The first kappa shape index (κ1) is 13.4. The molecule has 0 radical (unpaired) electrons. The van der Waals surface area contributed by atoms with E-state index < -0.39 is 11.4 Å². The van der Waals surface area contributed by atoms with Crippen LogP contribution in [-0.2, 0) is 18.4 Å². The van der Waals surface area contributed by atoms with Gasteiger partial charge in [-0.25, -0.2) is 4.79 Å². The molecule has 0 aliphatic heterocycles. The molecule has 0 aromatic carbocycles. The molecular formula is C12H18N4O3. The molecular weight excluding hydrogens is 248 g/mol. The normalized spacial score (nSPS) is 16.5. The Morgan fingerprint density at radius 3 is 2.68 bits per heavy atom. The number of carbonyl (C=O) groups excluding carboxylic acids is 1. The fourth-order valence-corrected chi connectivity index (χ4v) is 2.13. The molecule has 1 aromatic heterocycles. The number of aliphatic carboxylic acids is 1. The molecule has 0 bridgehead atoms. The van der Waals surface area contributed by atoms with Crippen molar-refractivity contribution in [3.63, 3.8) is 0 Å². The van der Waals surface area contributed by atoms with Crippen LogP contribution < -0.4 is 10.6 Å². The number of nitrogens with one attached hydrogen (secondary N) is 2. The number of amides is 2. The summed E-state index contributed by atoms with van der Waals surface area (Å²) in [6.45, 7) is 0.544. The maximum Gasteiger partial charge on any atom is 0.315 e. The van der Waals surface area contributed by atoms with Crippen molar-refractivity contribution in [2.75, 3.05) is 6.54 Å². The molecule has 1 fully saturated rings. The van der Waals surface area contributed by atoms with Crippen molar-refractivity contribution in [3.05, 3.63) is 18.0 Å². The summed E-state index contributed by atoms with van der Waals surface area (Å²) in [6.07, 6.45) is 3.82. The van der Waals surface area contributed by atoms with Gasteiger partial charge in [0.1, 0.15) is 0 Å². The summed E-state index contributed by atoms with van der Waals surface area (Å²) in [5.41, 5.74) is 0.121. The average molecular weight is 266 g/mol. The number of aromatic nitrogens is 2. The molecule has 2 amide bonds. The van der Waals surface area contributed by atoms with Gasteiger partial charge < -0.3 is 15.7 Å². The lowest BCUT2D eigenvalue weighted by molar-refractivity contribution is -0.153. The number of nitrogens with zero attached hydrogens (tertiary/aromatic N) is 2. The van der Waals surface area contributed by atoms with Crippen LogP contribution in [0, 0.1) is 5.41 Å². The Bertz CT molecular complexity index is 479. The van der Waals surface area contributed by atoms with Gasteiger partial charge in [0.15, 0.2) is 0 Å². The van der Waals surface area contributed by atoms with Gasteiger partial charge in [-0.2, -0.15) is 5.10 Å². The lowest BCUT2D eigenvalue weighted by Crippen LogP contribution is -2.49. The van der Waals surface area contributed by atoms with E-state index in [9.17, 15) is 9.59 Å². The van der Waals surface area contributed by atoms with E-state index in [1.54, 1.807) is 17.9 Å². The highest BCUT2D eigenvalue weighted by Gasteiger charge is 2.44. The van der Waals surface area contributed by atoms with Crippen molar-refractivity contribution < 1.29 is 14.7 Å². The van der Waals surface area contributed by atoms with Crippen LogP contribution in [0.15, 0.2) is 12.3 Å². The number of rotatable bonds is 5. The Morgan fingerprint density at radius 1 is 1.47 bits per heavy atom. The largest absolute Gasteiger partial charge is 0.481 e. The van der Waals surface area contributed by atoms with E-state index in [0.717, 1.165) is 12.1 Å². The summed E-state index contributed by atoms with van der Waals surface area (Å²) in [6, 6.07) is 1.46. The summed E-state index contributed by atoms with van der Waals surface area (Å²) in [5.74, 6) is -0.828. The highest BCUT2D eigenvalue weighted by atomic mass is 16.4. The Hall–Kier alpha value is -2.05. The predicted molar refractivity (Wildman–Crippen MR) is 67.4 cm³/mol. The summed E-state index contributed by atoms with van der Waals surface area (Å²) >= 11 is 0. The SMILES string of the molecule is Cn1nccc1CNC(=O)NCC1(C(=O)O)CCC1. The number of aryl methyl sites for hydroxylation is 1. The summed E-state index contributed by atoms with van der Waals surface area (Å²) < 4.78 is 1.67.